The number of benzene rings is 2. The molecule has 2 aromatic carbocycles. The van der Waals surface area contributed by atoms with E-state index in [0.29, 0.717) is 11.8 Å². The number of halogens is 1. The Hall–Kier alpha value is -1.74. The number of nitrogens with one attached hydrogen (secondary N) is 1. The van der Waals surface area contributed by atoms with Crippen molar-refractivity contribution in [2.24, 2.45) is 5.92 Å². The average Bonchev–Trinajstić information content (AvgIpc) is 3.04. The fraction of sp³-hybridized carbons (Fsp3) is 0.263. The van der Waals surface area contributed by atoms with Crippen LogP contribution in [0.3, 0.4) is 0 Å². The van der Waals surface area contributed by atoms with Crippen molar-refractivity contribution in [3.05, 3.63) is 70.2 Å². The maximum atomic E-state index is 5.61. The van der Waals surface area contributed by atoms with Gasteiger partial charge in [-0.2, -0.15) is 0 Å². The highest BCUT2D eigenvalue weighted by atomic mass is 79.9. The molecule has 0 saturated heterocycles. The van der Waals surface area contributed by atoms with Gasteiger partial charge in [-0.15, -0.1) is 0 Å². The zero-order chi connectivity index (χ0) is 15.1. The first-order chi connectivity index (χ1) is 10.8. The Kier molecular flexibility index (Phi) is 3.45. The molecule has 0 fully saturated rings. The lowest BCUT2D eigenvalue weighted by Gasteiger charge is -2.38. The summed E-state index contributed by atoms with van der Waals surface area (Å²) in [5, 5.41) is 3.75. The number of hydrogen-bond acceptors (Lipinski definition) is 2. The predicted molar refractivity (Wildman–Crippen MR) is 93.5 cm³/mol. The Labute approximate surface area is 139 Å². The number of allylic oxidation sites excluding steroid dienone is 2. The van der Waals surface area contributed by atoms with Crippen molar-refractivity contribution < 1.29 is 4.74 Å². The van der Waals surface area contributed by atoms with Crippen molar-refractivity contribution in [3.8, 4) is 5.75 Å². The Morgan fingerprint density at radius 3 is 2.86 bits per heavy atom. The van der Waals surface area contributed by atoms with Crippen LogP contribution in [0, 0.1) is 5.92 Å². The highest BCUT2D eigenvalue weighted by Crippen LogP contribution is 2.51. The van der Waals surface area contributed by atoms with Crippen LogP contribution in [0.15, 0.2) is 59.1 Å². The molecule has 1 aliphatic carbocycles. The molecule has 0 bridgehead atoms. The van der Waals surface area contributed by atoms with Crippen molar-refractivity contribution in [3.63, 3.8) is 0 Å². The van der Waals surface area contributed by atoms with Gasteiger partial charge in [0.15, 0.2) is 0 Å². The number of fused-ring (bicyclic) bond motifs is 3. The minimum atomic E-state index is 0.266. The quantitative estimate of drug-likeness (QED) is 0.739. The topological polar surface area (TPSA) is 21.3 Å². The monoisotopic (exact) mass is 355 g/mol. The predicted octanol–water partition coefficient (Wildman–Crippen LogP) is 5.28. The molecule has 1 heterocycles. The molecule has 0 radical (unpaired) electrons. The lowest BCUT2D eigenvalue weighted by molar-refractivity contribution is 0.381. The number of hydrogen-bond donors (Lipinski definition) is 1. The van der Waals surface area contributed by atoms with E-state index in [4.69, 9.17) is 4.74 Å². The van der Waals surface area contributed by atoms with E-state index in [1.165, 1.54) is 16.8 Å². The number of rotatable bonds is 2. The second-order valence-electron chi connectivity index (χ2n) is 5.95. The van der Waals surface area contributed by atoms with Gasteiger partial charge >= 0.3 is 0 Å². The summed E-state index contributed by atoms with van der Waals surface area (Å²) in [6.07, 6.45) is 5.78. The van der Waals surface area contributed by atoms with Gasteiger partial charge in [-0.25, -0.2) is 0 Å². The van der Waals surface area contributed by atoms with Crippen LogP contribution in [0.25, 0.3) is 0 Å². The molecule has 0 spiro atoms. The van der Waals surface area contributed by atoms with E-state index < -0.39 is 0 Å². The van der Waals surface area contributed by atoms with Crippen LogP contribution < -0.4 is 10.1 Å². The molecular formula is C19H18BrNO. The van der Waals surface area contributed by atoms with Crippen molar-refractivity contribution in [2.75, 3.05) is 12.4 Å². The molecule has 4 rings (SSSR count). The number of para-hydroxylation sites is 1. The van der Waals surface area contributed by atoms with E-state index >= 15 is 0 Å². The van der Waals surface area contributed by atoms with E-state index in [9.17, 15) is 0 Å². The third kappa shape index (κ3) is 2.15. The second kappa shape index (κ2) is 5.47. The number of anilines is 1. The van der Waals surface area contributed by atoms with Crippen molar-refractivity contribution in [2.45, 2.75) is 18.4 Å². The molecule has 2 aromatic rings. The van der Waals surface area contributed by atoms with Gasteiger partial charge in [0.1, 0.15) is 5.75 Å². The van der Waals surface area contributed by atoms with Crippen LogP contribution in [0.2, 0.25) is 0 Å². The molecule has 2 nitrogen and oxygen atoms in total. The van der Waals surface area contributed by atoms with Gasteiger partial charge in [0, 0.05) is 21.6 Å². The van der Waals surface area contributed by atoms with Gasteiger partial charge in [0.05, 0.1) is 13.2 Å². The molecular weight excluding hydrogens is 338 g/mol. The Morgan fingerprint density at radius 2 is 2.00 bits per heavy atom. The summed E-state index contributed by atoms with van der Waals surface area (Å²) >= 11 is 3.60. The summed E-state index contributed by atoms with van der Waals surface area (Å²) in [6, 6.07) is 15.2. The second-order valence-corrected chi connectivity index (χ2v) is 6.86. The summed E-state index contributed by atoms with van der Waals surface area (Å²) < 4.78 is 6.70. The molecule has 0 amide bonds. The average molecular weight is 356 g/mol. The summed E-state index contributed by atoms with van der Waals surface area (Å²) in [6.45, 7) is 0. The van der Waals surface area contributed by atoms with Gasteiger partial charge in [-0.3, -0.25) is 0 Å². The largest absolute Gasteiger partial charge is 0.496 e. The lowest BCUT2D eigenvalue weighted by atomic mass is 9.77. The Bertz CT molecular complexity index is 740. The number of methoxy groups -OCH3 is 1. The summed E-state index contributed by atoms with van der Waals surface area (Å²) in [7, 11) is 1.74. The van der Waals surface area contributed by atoms with Gasteiger partial charge in [0.25, 0.3) is 0 Å². The normalized spacial score (nSPS) is 25.3. The molecule has 2 aliphatic rings. The summed E-state index contributed by atoms with van der Waals surface area (Å²) in [5.74, 6) is 1.98. The smallest absolute Gasteiger partial charge is 0.124 e. The van der Waals surface area contributed by atoms with Crippen LogP contribution in [-0.2, 0) is 0 Å². The zero-order valence-electron chi connectivity index (χ0n) is 12.4. The highest BCUT2D eigenvalue weighted by Gasteiger charge is 2.38. The minimum absolute atomic E-state index is 0.266. The standard InChI is InChI=1S/C19H18BrNO/c1-22-18-10-9-12(20)11-16(18)19-15-7-4-6-13(15)14-5-2-3-8-17(14)21-19/h2-6,8-11,13,15,19,21H,7H2,1H3/t13-,15-,19-/m1/s1. The summed E-state index contributed by atoms with van der Waals surface area (Å²) in [4.78, 5) is 0. The van der Waals surface area contributed by atoms with E-state index in [1.807, 2.05) is 12.1 Å². The zero-order valence-corrected chi connectivity index (χ0v) is 14.0. The van der Waals surface area contributed by atoms with Crippen LogP contribution in [0.5, 0.6) is 5.75 Å². The molecule has 1 N–H and O–H groups in total. The maximum Gasteiger partial charge on any atom is 0.124 e. The van der Waals surface area contributed by atoms with Gasteiger partial charge in [-0.1, -0.05) is 46.3 Å². The SMILES string of the molecule is COc1ccc(Br)cc1[C@@H]1Nc2ccccc2[C@H]2C=CC[C@H]21. The van der Waals surface area contributed by atoms with Gasteiger partial charge < -0.3 is 10.1 Å². The van der Waals surface area contributed by atoms with Gasteiger partial charge in [-0.05, 0) is 42.2 Å². The van der Waals surface area contributed by atoms with Crippen LogP contribution in [0.4, 0.5) is 5.69 Å². The van der Waals surface area contributed by atoms with Crippen LogP contribution >= 0.6 is 15.9 Å². The molecule has 22 heavy (non-hydrogen) atoms. The molecule has 3 atom stereocenters. The van der Waals surface area contributed by atoms with Crippen molar-refractivity contribution in [1.29, 1.82) is 0 Å². The van der Waals surface area contributed by atoms with Gasteiger partial charge in [0.2, 0.25) is 0 Å². The molecule has 1 aliphatic heterocycles. The third-order valence-corrected chi connectivity index (χ3v) is 5.29. The molecule has 0 aromatic heterocycles. The third-order valence-electron chi connectivity index (χ3n) is 4.80. The molecule has 0 saturated carbocycles. The van der Waals surface area contributed by atoms with E-state index in [0.717, 1.165) is 16.6 Å². The van der Waals surface area contributed by atoms with E-state index in [2.05, 4.69) is 63.7 Å². The van der Waals surface area contributed by atoms with Crippen LogP contribution in [0.1, 0.15) is 29.5 Å². The van der Waals surface area contributed by atoms with Crippen molar-refractivity contribution in [1.82, 2.24) is 0 Å². The first-order valence-electron chi connectivity index (χ1n) is 7.63. The first kappa shape index (κ1) is 13.9. The Morgan fingerprint density at radius 1 is 1.14 bits per heavy atom. The lowest BCUT2D eigenvalue weighted by Crippen LogP contribution is -2.29. The summed E-state index contributed by atoms with van der Waals surface area (Å²) in [5.41, 5.74) is 3.87. The van der Waals surface area contributed by atoms with E-state index in [1.54, 1.807) is 7.11 Å². The van der Waals surface area contributed by atoms with Crippen LogP contribution in [-0.4, -0.2) is 7.11 Å². The molecule has 0 unspecified atom stereocenters. The minimum Gasteiger partial charge on any atom is -0.496 e. The van der Waals surface area contributed by atoms with Crippen molar-refractivity contribution >= 4 is 21.6 Å². The fourth-order valence-corrected chi connectivity index (χ4v) is 4.18. The fourth-order valence-electron chi connectivity index (χ4n) is 3.80. The van der Waals surface area contributed by atoms with E-state index in [-0.39, 0.29) is 6.04 Å². The number of ether oxygens (including phenoxy) is 1. The molecule has 112 valence electrons. The maximum absolute atomic E-state index is 5.61. The Balaban J connectivity index is 1.82. The molecule has 3 heteroatoms. The highest BCUT2D eigenvalue weighted by molar-refractivity contribution is 9.10. The first-order valence-corrected chi connectivity index (χ1v) is 8.43.